The van der Waals surface area contributed by atoms with E-state index < -0.39 is 22.0 Å². The molecule has 0 spiro atoms. The Morgan fingerprint density at radius 3 is 2.77 bits per heavy atom. The Morgan fingerprint density at radius 2 is 2.14 bits per heavy atom. The van der Waals surface area contributed by atoms with Crippen molar-refractivity contribution >= 4 is 21.9 Å². The van der Waals surface area contributed by atoms with Gasteiger partial charge in [-0.25, -0.2) is 13.2 Å². The minimum atomic E-state index is -3.40. The average molecular weight is 326 g/mol. The van der Waals surface area contributed by atoms with Gasteiger partial charge in [-0.1, -0.05) is 12.1 Å². The minimum absolute atomic E-state index is 0.144. The Hall–Kier alpha value is -1.93. The van der Waals surface area contributed by atoms with Gasteiger partial charge in [0.2, 0.25) is 15.9 Å². The highest BCUT2D eigenvalue weighted by molar-refractivity contribution is 7.88. The molecule has 1 aromatic carbocycles. The molecule has 1 saturated heterocycles. The number of rotatable bonds is 5. The first kappa shape index (κ1) is 16.4. The van der Waals surface area contributed by atoms with Crippen molar-refractivity contribution in [1.29, 1.82) is 0 Å². The summed E-state index contributed by atoms with van der Waals surface area (Å²) in [5, 5.41) is 11.6. The van der Waals surface area contributed by atoms with Crippen LogP contribution in [0.25, 0.3) is 0 Å². The SMILES string of the molecule is CS(=O)(=O)N1CCC[C@@H]1C(=O)NCc1cccc(C(=O)O)c1. The first-order valence-corrected chi connectivity index (χ1v) is 8.70. The third-order valence-corrected chi connectivity index (χ3v) is 4.86. The van der Waals surface area contributed by atoms with Gasteiger partial charge < -0.3 is 10.4 Å². The van der Waals surface area contributed by atoms with E-state index in [0.717, 1.165) is 6.26 Å². The number of benzene rings is 1. The van der Waals surface area contributed by atoms with Gasteiger partial charge in [-0.3, -0.25) is 4.79 Å². The standard InChI is InChI=1S/C14H18N2O5S/c1-22(20,21)16-7-3-6-12(16)13(17)15-9-10-4-2-5-11(8-10)14(18)19/h2,4-5,8,12H,3,6-7,9H2,1H3,(H,15,17)(H,18,19)/t12-/m1/s1. The van der Waals surface area contributed by atoms with Gasteiger partial charge in [0.25, 0.3) is 0 Å². The minimum Gasteiger partial charge on any atom is -0.478 e. The van der Waals surface area contributed by atoms with Crippen LogP contribution >= 0.6 is 0 Å². The molecule has 2 N–H and O–H groups in total. The summed E-state index contributed by atoms with van der Waals surface area (Å²) < 4.78 is 24.5. The summed E-state index contributed by atoms with van der Waals surface area (Å²) in [5.74, 6) is -1.39. The zero-order valence-electron chi connectivity index (χ0n) is 12.2. The number of carboxylic acids is 1. The van der Waals surface area contributed by atoms with Crippen LogP contribution < -0.4 is 5.32 Å². The molecule has 0 radical (unpaired) electrons. The summed E-state index contributed by atoms with van der Waals surface area (Å²) in [7, 11) is -3.40. The summed E-state index contributed by atoms with van der Waals surface area (Å²) in [5.41, 5.74) is 0.794. The van der Waals surface area contributed by atoms with Gasteiger partial charge in [-0.2, -0.15) is 4.31 Å². The molecule has 1 aliphatic rings. The van der Waals surface area contributed by atoms with E-state index in [4.69, 9.17) is 5.11 Å². The van der Waals surface area contributed by atoms with Crippen LogP contribution in [-0.4, -0.2) is 48.5 Å². The molecule has 8 heteroatoms. The van der Waals surface area contributed by atoms with Gasteiger partial charge in [0.1, 0.15) is 6.04 Å². The quantitative estimate of drug-likeness (QED) is 0.816. The Morgan fingerprint density at radius 1 is 1.41 bits per heavy atom. The maximum Gasteiger partial charge on any atom is 0.335 e. The second-order valence-corrected chi connectivity index (χ2v) is 7.19. The Labute approximate surface area is 129 Å². The zero-order valence-corrected chi connectivity index (χ0v) is 13.0. The number of nitrogens with zero attached hydrogens (tertiary/aromatic N) is 1. The molecular formula is C14H18N2O5S. The topological polar surface area (TPSA) is 104 Å². The molecule has 1 fully saturated rings. The number of hydrogen-bond acceptors (Lipinski definition) is 4. The van der Waals surface area contributed by atoms with Crippen molar-refractivity contribution in [1.82, 2.24) is 9.62 Å². The van der Waals surface area contributed by atoms with Crippen molar-refractivity contribution in [2.45, 2.75) is 25.4 Å². The van der Waals surface area contributed by atoms with E-state index >= 15 is 0 Å². The van der Waals surface area contributed by atoms with E-state index in [2.05, 4.69) is 5.32 Å². The molecular weight excluding hydrogens is 308 g/mol. The summed E-state index contributed by atoms with van der Waals surface area (Å²) in [6.45, 7) is 0.513. The van der Waals surface area contributed by atoms with Crippen molar-refractivity contribution in [3.05, 3.63) is 35.4 Å². The molecule has 0 saturated carbocycles. The van der Waals surface area contributed by atoms with Gasteiger partial charge in [0, 0.05) is 13.1 Å². The van der Waals surface area contributed by atoms with E-state index in [1.165, 1.54) is 16.4 Å². The molecule has 0 aliphatic carbocycles. The van der Waals surface area contributed by atoms with Crippen molar-refractivity contribution in [2.24, 2.45) is 0 Å². The third-order valence-electron chi connectivity index (χ3n) is 3.57. The molecule has 1 atom stereocenters. The van der Waals surface area contributed by atoms with Gasteiger partial charge in [0.15, 0.2) is 0 Å². The first-order chi connectivity index (χ1) is 10.3. The van der Waals surface area contributed by atoms with Crippen LogP contribution in [-0.2, 0) is 21.4 Å². The van der Waals surface area contributed by atoms with Crippen LogP contribution in [0.2, 0.25) is 0 Å². The second kappa shape index (κ2) is 6.45. The number of amides is 1. The van der Waals surface area contributed by atoms with Crippen LogP contribution in [0.5, 0.6) is 0 Å². The lowest BCUT2D eigenvalue weighted by atomic mass is 10.1. The Balaban J connectivity index is 2.01. The van der Waals surface area contributed by atoms with Crippen molar-refractivity contribution in [3.63, 3.8) is 0 Å². The summed E-state index contributed by atoms with van der Waals surface area (Å²) >= 11 is 0. The number of sulfonamides is 1. The normalized spacial score (nSPS) is 19.0. The molecule has 7 nitrogen and oxygen atoms in total. The molecule has 22 heavy (non-hydrogen) atoms. The third kappa shape index (κ3) is 3.83. The maximum atomic E-state index is 12.2. The monoisotopic (exact) mass is 326 g/mol. The van der Waals surface area contributed by atoms with Crippen LogP contribution in [0.3, 0.4) is 0 Å². The fourth-order valence-corrected chi connectivity index (χ4v) is 3.64. The van der Waals surface area contributed by atoms with Crippen LogP contribution in [0.4, 0.5) is 0 Å². The Bertz CT molecular complexity index is 686. The van der Waals surface area contributed by atoms with Crippen molar-refractivity contribution < 1.29 is 23.1 Å². The summed E-state index contributed by atoms with van der Waals surface area (Å²) in [4.78, 5) is 23.1. The molecule has 1 heterocycles. The molecule has 1 aliphatic heterocycles. The smallest absolute Gasteiger partial charge is 0.335 e. The van der Waals surface area contributed by atoms with Gasteiger partial charge in [-0.05, 0) is 30.5 Å². The molecule has 0 bridgehead atoms. The lowest BCUT2D eigenvalue weighted by Gasteiger charge is -2.21. The van der Waals surface area contributed by atoms with E-state index in [1.54, 1.807) is 12.1 Å². The van der Waals surface area contributed by atoms with Gasteiger partial charge >= 0.3 is 5.97 Å². The predicted molar refractivity (Wildman–Crippen MR) is 79.8 cm³/mol. The largest absolute Gasteiger partial charge is 0.478 e. The molecule has 1 amide bonds. The predicted octanol–water partition coefficient (Wildman–Crippen LogP) is 0.425. The average Bonchev–Trinajstić information content (AvgIpc) is 2.94. The maximum absolute atomic E-state index is 12.2. The number of hydrogen-bond donors (Lipinski definition) is 2. The fourth-order valence-electron chi connectivity index (χ4n) is 2.52. The molecule has 120 valence electrons. The number of carbonyl (C=O) groups is 2. The van der Waals surface area contributed by atoms with Crippen LogP contribution in [0.15, 0.2) is 24.3 Å². The van der Waals surface area contributed by atoms with Crippen molar-refractivity contribution in [2.75, 3.05) is 12.8 Å². The highest BCUT2D eigenvalue weighted by Crippen LogP contribution is 2.20. The van der Waals surface area contributed by atoms with E-state index in [1.807, 2.05) is 0 Å². The number of carboxylic acid groups (broad SMARTS) is 1. The molecule has 0 aromatic heterocycles. The highest BCUT2D eigenvalue weighted by Gasteiger charge is 2.36. The highest BCUT2D eigenvalue weighted by atomic mass is 32.2. The summed E-state index contributed by atoms with van der Waals surface area (Å²) in [6, 6.07) is 5.57. The van der Waals surface area contributed by atoms with Crippen LogP contribution in [0.1, 0.15) is 28.8 Å². The van der Waals surface area contributed by atoms with Crippen molar-refractivity contribution in [3.8, 4) is 0 Å². The van der Waals surface area contributed by atoms with Crippen LogP contribution in [0, 0.1) is 0 Å². The van der Waals surface area contributed by atoms with Gasteiger partial charge in [0.05, 0.1) is 11.8 Å². The van der Waals surface area contributed by atoms with E-state index in [-0.39, 0.29) is 18.0 Å². The number of aromatic carboxylic acids is 1. The van der Waals surface area contributed by atoms with E-state index in [0.29, 0.717) is 24.9 Å². The Kier molecular flexibility index (Phi) is 4.82. The first-order valence-electron chi connectivity index (χ1n) is 6.86. The second-order valence-electron chi connectivity index (χ2n) is 5.26. The number of nitrogens with one attached hydrogen (secondary N) is 1. The molecule has 1 aromatic rings. The number of carbonyl (C=O) groups excluding carboxylic acids is 1. The van der Waals surface area contributed by atoms with Gasteiger partial charge in [-0.15, -0.1) is 0 Å². The summed E-state index contributed by atoms with van der Waals surface area (Å²) in [6.07, 6.45) is 2.24. The lowest BCUT2D eigenvalue weighted by Crippen LogP contribution is -2.45. The molecule has 0 unspecified atom stereocenters. The fraction of sp³-hybridized carbons (Fsp3) is 0.429. The molecule has 2 rings (SSSR count). The lowest BCUT2D eigenvalue weighted by molar-refractivity contribution is -0.124. The van der Waals surface area contributed by atoms with E-state index in [9.17, 15) is 18.0 Å². The zero-order chi connectivity index (χ0) is 16.3.